The summed E-state index contributed by atoms with van der Waals surface area (Å²) in [5.41, 5.74) is 2.61. The summed E-state index contributed by atoms with van der Waals surface area (Å²) in [6.45, 7) is 1.24. The lowest BCUT2D eigenvalue weighted by Gasteiger charge is -2.29. The second-order valence-corrected chi connectivity index (χ2v) is 6.99. The van der Waals surface area contributed by atoms with E-state index < -0.39 is 17.9 Å². The van der Waals surface area contributed by atoms with Crippen LogP contribution in [0, 0.1) is 0 Å². The molecule has 0 amide bonds. The molecule has 1 unspecified atom stereocenters. The molecule has 1 N–H and O–H groups in total. The molecule has 24 heavy (non-hydrogen) atoms. The predicted molar refractivity (Wildman–Crippen MR) is 88.2 cm³/mol. The van der Waals surface area contributed by atoms with E-state index in [4.69, 9.17) is 26.2 Å². The van der Waals surface area contributed by atoms with Gasteiger partial charge in [0.05, 0.1) is 0 Å². The van der Waals surface area contributed by atoms with E-state index in [-0.39, 0.29) is 6.42 Å². The first-order chi connectivity index (χ1) is 11.4. The summed E-state index contributed by atoms with van der Waals surface area (Å²) in [5, 5.41) is 9.65. The van der Waals surface area contributed by atoms with Crippen molar-refractivity contribution in [2.75, 3.05) is 0 Å². The Labute approximate surface area is 145 Å². The van der Waals surface area contributed by atoms with Gasteiger partial charge in [0.2, 0.25) is 0 Å². The minimum absolute atomic E-state index is 0.276. The summed E-state index contributed by atoms with van der Waals surface area (Å²) in [7, 11) is 0. The average molecular weight is 353 g/mol. The van der Waals surface area contributed by atoms with Crippen LogP contribution in [0.1, 0.15) is 68.1 Å². The molecule has 0 spiro atoms. The fourth-order valence-corrected chi connectivity index (χ4v) is 4.28. The number of carbonyl (C=O) groups excluding carboxylic acids is 1. The molecule has 0 saturated heterocycles. The fourth-order valence-electron chi connectivity index (χ4n) is 3.96. The Hall–Kier alpha value is -1.75. The van der Waals surface area contributed by atoms with Gasteiger partial charge in [-0.1, -0.05) is 36.9 Å². The molecule has 0 heterocycles. The second-order valence-electron chi connectivity index (χ2n) is 6.58. The lowest BCUT2D eigenvalue weighted by Crippen LogP contribution is -2.34. The minimum Gasteiger partial charge on any atom is -0.450 e. The smallest absolute Gasteiger partial charge is 0.450 e. The number of fused-ring (bicyclic) bond motifs is 1. The number of hydrogen-bond acceptors (Lipinski definition) is 4. The number of aryl methyl sites for hydroxylation is 1. The van der Waals surface area contributed by atoms with E-state index >= 15 is 0 Å². The molecule has 1 aromatic carbocycles. The highest BCUT2D eigenvalue weighted by atomic mass is 35.5. The first-order valence-electron chi connectivity index (χ1n) is 8.35. The van der Waals surface area contributed by atoms with Crippen molar-refractivity contribution in [2.45, 2.75) is 63.6 Å². The van der Waals surface area contributed by atoms with Gasteiger partial charge >= 0.3 is 12.1 Å². The number of rotatable bonds is 3. The van der Waals surface area contributed by atoms with Gasteiger partial charge in [0.1, 0.15) is 0 Å². The molecule has 5 nitrogen and oxygen atoms in total. The van der Waals surface area contributed by atoms with Gasteiger partial charge in [-0.2, -0.15) is 0 Å². The molecular weight excluding hydrogens is 332 g/mol. The molecule has 2 aliphatic rings. The third kappa shape index (κ3) is 3.22. The largest absolute Gasteiger partial charge is 0.509 e. The van der Waals surface area contributed by atoms with E-state index in [2.05, 4.69) is 0 Å². The van der Waals surface area contributed by atoms with Crippen LogP contribution in [-0.2, 0) is 26.5 Å². The molecule has 6 heteroatoms. The van der Waals surface area contributed by atoms with Crippen molar-refractivity contribution in [3.05, 3.63) is 33.8 Å². The summed E-state index contributed by atoms with van der Waals surface area (Å²) < 4.78 is 10.3. The van der Waals surface area contributed by atoms with Gasteiger partial charge in [0.25, 0.3) is 5.79 Å². The van der Waals surface area contributed by atoms with E-state index in [1.54, 1.807) is 6.07 Å². The number of esters is 1. The van der Waals surface area contributed by atoms with Crippen molar-refractivity contribution in [2.24, 2.45) is 0 Å². The van der Waals surface area contributed by atoms with Gasteiger partial charge in [-0.15, -0.1) is 0 Å². The van der Waals surface area contributed by atoms with Crippen molar-refractivity contribution in [1.29, 1.82) is 0 Å². The van der Waals surface area contributed by atoms with Crippen LogP contribution in [0.3, 0.4) is 0 Å². The lowest BCUT2D eigenvalue weighted by molar-refractivity contribution is -0.216. The molecule has 0 aliphatic heterocycles. The molecule has 1 aromatic rings. The molecule has 2 aliphatic carbocycles. The molecular formula is C18H21ClO5. The molecule has 1 atom stereocenters. The average Bonchev–Trinajstić information content (AvgIpc) is 2.83. The van der Waals surface area contributed by atoms with E-state index in [0.717, 1.165) is 24.0 Å². The quantitative estimate of drug-likeness (QED) is 0.628. The van der Waals surface area contributed by atoms with Crippen molar-refractivity contribution in [3.63, 3.8) is 0 Å². The minimum atomic E-state index is -1.58. The van der Waals surface area contributed by atoms with Crippen molar-refractivity contribution >= 4 is 23.7 Å². The van der Waals surface area contributed by atoms with Crippen LogP contribution in [-0.4, -0.2) is 17.2 Å². The number of hydrogen-bond donors (Lipinski definition) is 1. The Morgan fingerprint density at radius 3 is 2.54 bits per heavy atom. The Kier molecular flexibility index (Phi) is 4.72. The van der Waals surface area contributed by atoms with Gasteiger partial charge in [-0.25, -0.2) is 4.79 Å². The summed E-state index contributed by atoms with van der Waals surface area (Å²) >= 11 is 6.50. The SMILES string of the molecule is CC(=O)OC1(OC(=O)O)CCc2cc(C3CCCCC3)c(Cl)cc21. The van der Waals surface area contributed by atoms with Crippen LogP contribution in [0.2, 0.25) is 5.02 Å². The van der Waals surface area contributed by atoms with E-state index in [1.165, 1.54) is 26.2 Å². The third-order valence-electron chi connectivity index (χ3n) is 4.96. The lowest BCUT2D eigenvalue weighted by atomic mass is 9.83. The molecule has 0 aromatic heterocycles. The Morgan fingerprint density at radius 1 is 1.21 bits per heavy atom. The summed E-state index contributed by atoms with van der Waals surface area (Å²) in [4.78, 5) is 22.6. The molecule has 1 saturated carbocycles. The molecule has 1 fully saturated rings. The molecule has 130 valence electrons. The number of ether oxygens (including phenoxy) is 2. The summed E-state index contributed by atoms with van der Waals surface area (Å²) in [5.74, 6) is -1.72. The predicted octanol–water partition coefficient (Wildman–Crippen LogP) is 4.74. The Balaban J connectivity index is 1.99. The van der Waals surface area contributed by atoms with Gasteiger partial charge in [0, 0.05) is 23.9 Å². The molecule has 0 bridgehead atoms. The van der Waals surface area contributed by atoms with Crippen LogP contribution in [0.4, 0.5) is 4.79 Å². The highest BCUT2D eigenvalue weighted by Crippen LogP contribution is 2.46. The Bertz CT molecular complexity index is 648. The number of benzene rings is 1. The van der Waals surface area contributed by atoms with Crippen molar-refractivity contribution in [3.8, 4) is 0 Å². The van der Waals surface area contributed by atoms with Crippen LogP contribution < -0.4 is 0 Å². The highest BCUT2D eigenvalue weighted by Gasteiger charge is 2.46. The summed E-state index contributed by atoms with van der Waals surface area (Å²) in [6.07, 6.45) is 5.32. The van der Waals surface area contributed by atoms with E-state index in [9.17, 15) is 9.59 Å². The maximum atomic E-state index is 11.5. The highest BCUT2D eigenvalue weighted by molar-refractivity contribution is 6.31. The van der Waals surface area contributed by atoms with Gasteiger partial charge in [-0.3, -0.25) is 4.79 Å². The topological polar surface area (TPSA) is 72.8 Å². The first kappa shape index (κ1) is 17.1. The first-order valence-corrected chi connectivity index (χ1v) is 8.73. The third-order valence-corrected chi connectivity index (χ3v) is 5.29. The fraction of sp³-hybridized carbons (Fsp3) is 0.556. The Morgan fingerprint density at radius 2 is 1.92 bits per heavy atom. The van der Waals surface area contributed by atoms with E-state index in [0.29, 0.717) is 22.9 Å². The van der Waals surface area contributed by atoms with Crippen LogP contribution in [0.15, 0.2) is 12.1 Å². The van der Waals surface area contributed by atoms with Crippen LogP contribution >= 0.6 is 11.6 Å². The normalized spacial score (nSPS) is 23.6. The zero-order valence-corrected chi connectivity index (χ0v) is 14.4. The number of carbonyl (C=O) groups is 2. The monoisotopic (exact) mass is 352 g/mol. The maximum Gasteiger partial charge on any atom is 0.509 e. The maximum absolute atomic E-state index is 11.5. The molecule has 0 radical (unpaired) electrons. The molecule has 3 rings (SSSR count). The van der Waals surface area contributed by atoms with Crippen LogP contribution in [0.5, 0.6) is 0 Å². The summed E-state index contributed by atoms with van der Waals surface area (Å²) in [6, 6.07) is 3.77. The zero-order valence-electron chi connectivity index (χ0n) is 13.6. The van der Waals surface area contributed by atoms with Gasteiger partial charge < -0.3 is 14.6 Å². The van der Waals surface area contributed by atoms with Gasteiger partial charge in [0.15, 0.2) is 0 Å². The standard InChI is InChI=1S/C18H21ClO5/c1-11(20)23-18(24-17(21)22)8-7-13-9-14(16(19)10-15(13)18)12-5-3-2-4-6-12/h9-10,12H,2-8H2,1H3,(H,21,22). The number of halogens is 1. The van der Waals surface area contributed by atoms with Gasteiger partial charge in [-0.05, 0) is 42.4 Å². The van der Waals surface area contributed by atoms with Crippen LogP contribution in [0.25, 0.3) is 0 Å². The van der Waals surface area contributed by atoms with Crippen molar-refractivity contribution in [1.82, 2.24) is 0 Å². The van der Waals surface area contributed by atoms with E-state index in [1.807, 2.05) is 6.07 Å². The number of carboxylic acid groups (broad SMARTS) is 1. The van der Waals surface area contributed by atoms with Crippen molar-refractivity contribution < 1.29 is 24.2 Å². The zero-order chi connectivity index (χ0) is 17.3. The second kappa shape index (κ2) is 6.63.